The Morgan fingerprint density at radius 1 is 1.41 bits per heavy atom. The fourth-order valence-corrected chi connectivity index (χ4v) is 1.49. The molecule has 2 heterocycles. The molecule has 17 heavy (non-hydrogen) atoms. The van der Waals surface area contributed by atoms with E-state index >= 15 is 0 Å². The molecule has 0 aliphatic rings. The second-order valence-electron chi connectivity index (χ2n) is 3.26. The minimum Gasteiger partial charge on any atom is -0.258 e. The molecule has 0 atom stereocenters. The first-order chi connectivity index (χ1) is 8.25. The number of nitrogens with one attached hydrogen (secondary N) is 1. The van der Waals surface area contributed by atoms with Gasteiger partial charge in [-0.3, -0.25) is 10.1 Å². The van der Waals surface area contributed by atoms with E-state index in [2.05, 4.69) is 25.7 Å². The van der Waals surface area contributed by atoms with Crippen LogP contribution in [0.1, 0.15) is 0 Å². The Labute approximate surface area is 93.2 Å². The maximum atomic E-state index is 10.6. The van der Waals surface area contributed by atoms with Gasteiger partial charge >= 0.3 is 0 Å². The highest BCUT2D eigenvalue weighted by atomic mass is 16.6. The van der Waals surface area contributed by atoms with Crippen molar-refractivity contribution >= 4 is 16.7 Å². The van der Waals surface area contributed by atoms with Crippen LogP contribution in [0.4, 0.5) is 5.69 Å². The Bertz CT molecular complexity index is 687. The van der Waals surface area contributed by atoms with Gasteiger partial charge in [-0.1, -0.05) is 5.21 Å². The zero-order chi connectivity index (χ0) is 11.8. The maximum Gasteiger partial charge on any atom is 0.271 e. The minimum atomic E-state index is -0.478. The lowest BCUT2D eigenvalue weighted by Gasteiger charge is -1.95. The van der Waals surface area contributed by atoms with Gasteiger partial charge in [-0.2, -0.15) is 15.0 Å². The van der Waals surface area contributed by atoms with E-state index in [4.69, 9.17) is 0 Å². The first-order valence-corrected chi connectivity index (χ1v) is 4.62. The Kier molecular flexibility index (Phi) is 1.84. The number of benzene rings is 1. The van der Waals surface area contributed by atoms with Crippen LogP contribution in [-0.4, -0.2) is 35.3 Å². The molecule has 3 rings (SSSR count). The van der Waals surface area contributed by atoms with Crippen LogP contribution in [0, 0.1) is 10.1 Å². The van der Waals surface area contributed by atoms with Crippen molar-refractivity contribution in [2.45, 2.75) is 0 Å². The molecule has 0 bridgehead atoms. The molecule has 1 N–H and O–H groups in total. The Hall–Kier alpha value is -2.84. The fourth-order valence-electron chi connectivity index (χ4n) is 1.49. The molecule has 0 saturated carbocycles. The Balaban J connectivity index is 2.21. The number of aromatic nitrogens is 6. The summed E-state index contributed by atoms with van der Waals surface area (Å²) >= 11 is 0. The molecule has 0 amide bonds. The second-order valence-corrected chi connectivity index (χ2v) is 3.26. The van der Waals surface area contributed by atoms with Crippen molar-refractivity contribution in [1.29, 1.82) is 0 Å². The molecule has 0 spiro atoms. The standard InChI is InChI=1S/C8H5N7O2/c16-15(17)5-1-2-7-6(3-5)10-13-14(7)8-4-9-12-11-8/h1-4H,(H,9,11,12). The van der Waals surface area contributed by atoms with Crippen LogP contribution in [0.15, 0.2) is 24.4 Å². The first-order valence-electron chi connectivity index (χ1n) is 4.62. The zero-order valence-electron chi connectivity index (χ0n) is 8.31. The fraction of sp³-hybridized carbons (Fsp3) is 0. The summed E-state index contributed by atoms with van der Waals surface area (Å²) in [5.41, 5.74) is 1.04. The van der Waals surface area contributed by atoms with Crippen LogP contribution in [0.2, 0.25) is 0 Å². The number of nitro benzene ring substituents is 1. The lowest BCUT2D eigenvalue weighted by molar-refractivity contribution is -0.384. The normalized spacial score (nSPS) is 10.8. The first kappa shape index (κ1) is 9.39. The van der Waals surface area contributed by atoms with Gasteiger partial charge in [-0.05, 0) is 6.07 Å². The van der Waals surface area contributed by atoms with Crippen LogP contribution in [0.25, 0.3) is 16.9 Å². The number of H-pyrrole nitrogens is 1. The number of nitro groups is 1. The van der Waals surface area contributed by atoms with Crippen LogP contribution in [-0.2, 0) is 0 Å². The summed E-state index contributed by atoms with van der Waals surface area (Å²) in [5.74, 6) is 0.473. The zero-order valence-corrected chi connectivity index (χ0v) is 8.31. The number of non-ortho nitro benzene ring substituents is 1. The average Bonchev–Trinajstić information content (AvgIpc) is 2.96. The SMILES string of the molecule is O=[N+]([O-])c1ccc2c(c1)nnn2-c1cn[nH]n1. The molecule has 9 nitrogen and oxygen atoms in total. The monoisotopic (exact) mass is 231 g/mol. The molecule has 84 valence electrons. The van der Waals surface area contributed by atoms with Gasteiger partial charge in [-0.25, -0.2) is 0 Å². The lowest BCUT2D eigenvalue weighted by Crippen LogP contribution is -1.96. The Morgan fingerprint density at radius 2 is 2.29 bits per heavy atom. The summed E-state index contributed by atoms with van der Waals surface area (Å²) < 4.78 is 1.45. The summed E-state index contributed by atoms with van der Waals surface area (Å²) in [5, 5.41) is 28.3. The molecule has 2 aromatic heterocycles. The van der Waals surface area contributed by atoms with E-state index in [1.165, 1.54) is 23.0 Å². The van der Waals surface area contributed by atoms with Gasteiger partial charge in [0.05, 0.1) is 16.6 Å². The molecular weight excluding hydrogens is 226 g/mol. The van der Waals surface area contributed by atoms with Gasteiger partial charge in [0.25, 0.3) is 5.69 Å². The largest absolute Gasteiger partial charge is 0.271 e. The van der Waals surface area contributed by atoms with Crippen LogP contribution >= 0.6 is 0 Å². The summed E-state index contributed by atoms with van der Waals surface area (Å²) in [6, 6.07) is 4.32. The van der Waals surface area contributed by atoms with E-state index in [0.717, 1.165) is 0 Å². The second kappa shape index (κ2) is 3.33. The molecule has 0 unspecified atom stereocenters. The molecule has 3 aromatic rings. The van der Waals surface area contributed by atoms with Gasteiger partial charge in [-0.15, -0.1) is 10.2 Å². The molecule has 0 saturated heterocycles. The Morgan fingerprint density at radius 3 is 3.00 bits per heavy atom. The van der Waals surface area contributed by atoms with Gasteiger partial charge in [0.2, 0.25) is 0 Å². The number of hydrogen-bond donors (Lipinski definition) is 1. The number of aromatic amines is 1. The number of hydrogen-bond acceptors (Lipinski definition) is 6. The van der Waals surface area contributed by atoms with Crippen molar-refractivity contribution in [2.24, 2.45) is 0 Å². The third-order valence-electron chi connectivity index (χ3n) is 2.26. The molecule has 0 aliphatic heterocycles. The molecule has 0 aliphatic carbocycles. The summed E-state index contributed by atoms with van der Waals surface area (Å²) in [4.78, 5) is 10.1. The van der Waals surface area contributed by atoms with Gasteiger partial charge in [0.15, 0.2) is 5.82 Å². The van der Waals surface area contributed by atoms with Crippen molar-refractivity contribution in [2.75, 3.05) is 0 Å². The van der Waals surface area contributed by atoms with Crippen molar-refractivity contribution in [3.8, 4) is 5.82 Å². The van der Waals surface area contributed by atoms with Gasteiger partial charge in [0.1, 0.15) is 5.52 Å². The number of nitrogens with zero attached hydrogens (tertiary/aromatic N) is 6. The van der Waals surface area contributed by atoms with E-state index < -0.39 is 4.92 Å². The third-order valence-corrected chi connectivity index (χ3v) is 2.26. The number of rotatable bonds is 2. The topological polar surface area (TPSA) is 115 Å². The van der Waals surface area contributed by atoms with E-state index in [1.54, 1.807) is 6.07 Å². The highest BCUT2D eigenvalue weighted by Crippen LogP contribution is 2.19. The van der Waals surface area contributed by atoms with Gasteiger partial charge in [0, 0.05) is 12.1 Å². The van der Waals surface area contributed by atoms with E-state index in [9.17, 15) is 10.1 Å². The highest BCUT2D eigenvalue weighted by molar-refractivity contribution is 5.78. The minimum absolute atomic E-state index is 0.0234. The predicted octanol–water partition coefficient (Wildman–Crippen LogP) is 0.447. The summed E-state index contributed by atoms with van der Waals surface area (Å²) in [6.45, 7) is 0. The molecule has 0 radical (unpaired) electrons. The van der Waals surface area contributed by atoms with Crippen molar-refractivity contribution in [3.05, 3.63) is 34.5 Å². The third kappa shape index (κ3) is 1.40. The summed E-state index contributed by atoms with van der Waals surface area (Å²) in [6.07, 6.45) is 1.48. The predicted molar refractivity (Wildman–Crippen MR) is 55.5 cm³/mol. The van der Waals surface area contributed by atoms with Crippen LogP contribution in [0.3, 0.4) is 0 Å². The maximum absolute atomic E-state index is 10.6. The van der Waals surface area contributed by atoms with Gasteiger partial charge < -0.3 is 0 Å². The average molecular weight is 231 g/mol. The quantitative estimate of drug-likeness (QED) is 0.505. The number of fused-ring (bicyclic) bond motifs is 1. The molecule has 0 fully saturated rings. The van der Waals surface area contributed by atoms with Crippen LogP contribution < -0.4 is 0 Å². The summed E-state index contributed by atoms with van der Waals surface area (Å²) in [7, 11) is 0. The lowest BCUT2D eigenvalue weighted by atomic mass is 10.3. The van der Waals surface area contributed by atoms with Crippen LogP contribution in [0.5, 0.6) is 0 Å². The van der Waals surface area contributed by atoms with E-state index in [1.807, 2.05) is 0 Å². The van der Waals surface area contributed by atoms with E-state index in [-0.39, 0.29) is 5.69 Å². The highest BCUT2D eigenvalue weighted by Gasteiger charge is 2.12. The van der Waals surface area contributed by atoms with Crippen molar-refractivity contribution in [1.82, 2.24) is 30.4 Å². The molecule has 9 heteroatoms. The van der Waals surface area contributed by atoms with E-state index in [0.29, 0.717) is 16.9 Å². The molecule has 1 aromatic carbocycles. The molecular formula is C8H5N7O2. The smallest absolute Gasteiger partial charge is 0.258 e. The van der Waals surface area contributed by atoms with Crippen molar-refractivity contribution in [3.63, 3.8) is 0 Å². The van der Waals surface area contributed by atoms with Crippen molar-refractivity contribution < 1.29 is 4.92 Å².